The summed E-state index contributed by atoms with van der Waals surface area (Å²) in [7, 11) is -1.90. The third kappa shape index (κ3) is 4.25. The van der Waals surface area contributed by atoms with E-state index in [1.165, 1.54) is 10.4 Å². The summed E-state index contributed by atoms with van der Waals surface area (Å²) in [6.45, 7) is 1.48. The highest BCUT2D eigenvalue weighted by molar-refractivity contribution is 7.89. The molecule has 1 aliphatic heterocycles. The predicted octanol–water partition coefficient (Wildman–Crippen LogP) is 2.86. The summed E-state index contributed by atoms with van der Waals surface area (Å²) in [5.41, 5.74) is 0.942. The minimum Gasteiger partial charge on any atom is -0.497 e. The Morgan fingerprint density at radius 2 is 1.88 bits per heavy atom. The molecule has 1 N–H and O–H groups in total. The molecular weight excluding hydrogens is 372 g/mol. The van der Waals surface area contributed by atoms with Crippen molar-refractivity contribution >= 4 is 27.3 Å². The van der Waals surface area contributed by atoms with Gasteiger partial charge < -0.3 is 10.1 Å². The molecule has 6 nitrogen and oxygen atoms in total. The molecule has 0 aliphatic carbocycles. The number of thiophene rings is 1. The van der Waals surface area contributed by atoms with Crippen LogP contribution >= 0.6 is 11.3 Å². The number of benzene rings is 1. The first-order valence-electron chi connectivity index (χ1n) is 8.50. The summed E-state index contributed by atoms with van der Waals surface area (Å²) >= 11 is 1.15. The van der Waals surface area contributed by atoms with E-state index in [1.807, 2.05) is 24.3 Å². The molecule has 0 atom stereocenters. The minimum atomic E-state index is -3.50. The fourth-order valence-electron chi connectivity index (χ4n) is 2.84. The first-order valence-corrected chi connectivity index (χ1v) is 10.8. The van der Waals surface area contributed by atoms with Crippen LogP contribution in [0.4, 0.5) is 0 Å². The van der Waals surface area contributed by atoms with Crippen molar-refractivity contribution in [2.75, 3.05) is 20.2 Å². The number of rotatable bonds is 6. The fourth-order valence-corrected chi connectivity index (χ4v) is 5.53. The molecule has 1 saturated heterocycles. The van der Waals surface area contributed by atoms with E-state index >= 15 is 0 Å². The van der Waals surface area contributed by atoms with Gasteiger partial charge in [0.15, 0.2) is 0 Å². The Morgan fingerprint density at radius 1 is 1.19 bits per heavy atom. The topological polar surface area (TPSA) is 75.7 Å². The van der Waals surface area contributed by atoms with Crippen molar-refractivity contribution < 1.29 is 17.9 Å². The molecule has 26 heavy (non-hydrogen) atoms. The molecule has 2 aromatic rings. The number of nitrogens with zero attached hydrogens (tertiary/aromatic N) is 1. The van der Waals surface area contributed by atoms with Gasteiger partial charge in [0.2, 0.25) is 10.0 Å². The lowest BCUT2D eigenvalue weighted by Crippen LogP contribution is -2.35. The first-order chi connectivity index (χ1) is 12.5. The van der Waals surface area contributed by atoms with Gasteiger partial charge in [0, 0.05) is 25.0 Å². The van der Waals surface area contributed by atoms with E-state index < -0.39 is 10.0 Å². The highest BCUT2D eigenvalue weighted by atomic mass is 32.2. The van der Waals surface area contributed by atoms with Gasteiger partial charge in [-0.2, -0.15) is 4.31 Å². The molecule has 3 rings (SSSR count). The summed E-state index contributed by atoms with van der Waals surface area (Å²) in [4.78, 5) is 12.9. The van der Waals surface area contributed by atoms with E-state index in [-0.39, 0.29) is 10.8 Å². The van der Waals surface area contributed by atoms with E-state index in [0.717, 1.165) is 41.9 Å². The molecule has 0 bridgehead atoms. The molecule has 0 radical (unpaired) electrons. The Bertz CT molecular complexity index is 854. The van der Waals surface area contributed by atoms with Gasteiger partial charge in [-0.15, -0.1) is 11.3 Å². The average molecular weight is 395 g/mol. The number of methoxy groups -OCH3 is 1. The van der Waals surface area contributed by atoms with Crippen LogP contribution < -0.4 is 10.1 Å². The quantitative estimate of drug-likeness (QED) is 0.817. The van der Waals surface area contributed by atoms with E-state index in [0.29, 0.717) is 24.5 Å². The van der Waals surface area contributed by atoms with Gasteiger partial charge in [-0.05, 0) is 36.6 Å². The Hall–Kier alpha value is -1.90. The third-order valence-corrected chi connectivity index (χ3v) is 7.32. The number of nitrogens with one attached hydrogen (secondary N) is 1. The van der Waals surface area contributed by atoms with Gasteiger partial charge in [0.25, 0.3) is 5.91 Å². The SMILES string of the molecule is COc1ccc(CNC(=O)c2cc(S(=O)(=O)N3CCCCC3)cs2)cc1. The lowest BCUT2D eigenvalue weighted by atomic mass is 10.2. The average Bonchev–Trinajstić information content (AvgIpc) is 3.18. The molecule has 2 heterocycles. The summed E-state index contributed by atoms with van der Waals surface area (Å²) in [6, 6.07) is 8.88. The molecule has 1 aliphatic rings. The summed E-state index contributed by atoms with van der Waals surface area (Å²) in [6.07, 6.45) is 2.84. The molecule has 1 aromatic heterocycles. The van der Waals surface area contributed by atoms with E-state index in [9.17, 15) is 13.2 Å². The van der Waals surface area contributed by atoms with Crippen molar-refractivity contribution in [3.8, 4) is 5.75 Å². The number of sulfonamides is 1. The second-order valence-electron chi connectivity index (χ2n) is 6.14. The standard InChI is InChI=1S/C18H22N2O4S2/c1-24-15-7-5-14(6-8-15)12-19-18(21)17-11-16(13-25-17)26(22,23)20-9-3-2-4-10-20/h5-8,11,13H,2-4,9-10,12H2,1H3,(H,19,21). The molecular formula is C18H22N2O4S2. The normalized spacial score (nSPS) is 15.6. The molecule has 0 spiro atoms. The van der Waals surface area contributed by atoms with Crippen molar-refractivity contribution in [2.24, 2.45) is 0 Å². The zero-order chi connectivity index (χ0) is 18.6. The minimum absolute atomic E-state index is 0.207. The van der Waals surface area contributed by atoms with Crippen LogP contribution in [0.15, 0.2) is 40.6 Å². The van der Waals surface area contributed by atoms with Gasteiger partial charge in [-0.25, -0.2) is 8.42 Å². The number of amides is 1. The van der Waals surface area contributed by atoms with E-state index in [2.05, 4.69) is 5.32 Å². The highest BCUT2D eigenvalue weighted by Gasteiger charge is 2.27. The van der Waals surface area contributed by atoms with Crippen molar-refractivity contribution in [2.45, 2.75) is 30.7 Å². The van der Waals surface area contributed by atoms with E-state index in [4.69, 9.17) is 4.74 Å². The highest BCUT2D eigenvalue weighted by Crippen LogP contribution is 2.25. The van der Waals surface area contributed by atoms with Crippen LogP contribution in [0.2, 0.25) is 0 Å². The monoisotopic (exact) mass is 394 g/mol. The lowest BCUT2D eigenvalue weighted by Gasteiger charge is -2.25. The van der Waals surface area contributed by atoms with Gasteiger partial charge >= 0.3 is 0 Å². The van der Waals surface area contributed by atoms with Gasteiger partial charge in [0.1, 0.15) is 5.75 Å². The first kappa shape index (κ1) is 18.9. The second kappa shape index (κ2) is 8.20. The summed E-state index contributed by atoms with van der Waals surface area (Å²) in [5, 5.41) is 4.37. The van der Waals surface area contributed by atoms with E-state index in [1.54, 1.807) is 12.5 Å². The number of hydrogen-bond donors (Lipinski definition) is 1. The van der Waals surface area contributed by atoms with Crippen molar-refractivity contribution in [1.29, 1.82) is 0 Å². The van der Waals surface area contributed by atoms with Crippen LogP contribution in [0.1, 0.15) is 34.5 Å². The fraction of sp³-hybridized carbons (Fsp3) is 0.389. The molecule has 1 fully saturated rings. The van der Waals surface area contributed by atoms with Crippen LogP contribution in [0.3, 0.4) is 0 Å². The van der Waals surface area contributed by atoms with Gasteiger partial charge in [-0.1, -0.05) is 18.6 Å². The molecule has 1 aromatic carbocycles. The van der Waals surface area contributed by atoms with Crippen LogP contribution in [0.5, 0.6) is 5.75 Å². The Balaban J connectivity index is 1.63. The van der Waals surface area contributed by atoms with Crippen molar-refractivity contribution in [3.63, 3.8) is 0 Å². The lowest BCUT2D eigenvalue weighted by molar-refractivity contribution is 0.0955. The predicted molar refractivity (Wildman–Crippen MR) is 101 cm³/mol. The maximum absolute atomic E-state index is 12.7. The van der Waals surface area contributed by atoms with Crippen LogP contribution in [0.25, 0.3) is 0 Å². The van der Waals surface area contributed by atoms with Crippen molar-refractivity contribution in [3.05, 3.63) is 46.2 Å². The number of ether oxygens (including phenoxy) is 1. The Morgan fingerprint density at radius 3 is 2.54 bits per heavy atom. The largest absolute Gasteiger partial charge is 0.497 e. The molecule has 0 unspecified atom stereocenters. The number of hydrogen-bond acceptors (Lipinski definition) is 5. The Labute approximate surface area is 157 Å². The molecule has 140 valence electrons. The second-order valence-corrected chi connectivity index (χ2v) is 8.99. The molecule has 8 heteroatoms. The smallest absolute Gasteiger partial charge is 0.261 e. The third-order valence-electron chi connectivity index (χ3n) is 4.36. The maximum Gasteiger partial charge on any atom is 0.261 e. The number of carbonyl (C=O) groups excluding carboxylic acids is 1. The summed E-state index contributed by atoms with van der Waals surface area (Å²) < 4.78 is 31.9. The molecule has 0 saturated carbocycles. The van der Waals surface area contributed by atoms with Crippen molar-refractivity contribution in [1.82, 2.24) is 9.62 Å². The van der Waals surface area contributed by atoms with Crippen LogP contribution in [-0.4, -0.2) is 38.8 Å². The Kier molecular flexibility index (Phi) is 5.95. The molecule has 1 amide bonds. The zero-order valence-corrected chi connectivity index (χ0v) is 16.2. The van der Waals surface area contributed by atoms with Crippen LogP contribution in [0, 0.1) is 0 Å². The van der Waals surface area contributed by atoms with Gasteiger partial charge in [0.05, 0.1) is 16.9 Å². The maximum atomic E-state index is 12.7. The summed E-state index contributed by atoms with van der Waals surface area (Å²) in [5.74, 6) is 0.483. The number of carbonyl (C=O) groups is 1. The number of piperidine rings is 1. The van der Waals surface area contributed by atoms with Gasteiger partial charge in [-0.3, -0.25) is 4.79 Å². The van der Waals surface area contributed by atoms with Crippen LogP contribution in [-0.2, 0) is 16.6 Å². The zero-order valence-electron chi connectivity index (χ0n) is 14.6.